The van der Waals surface area contributed by atoms with E-state index in [0.717, 1.165) is 11.9 Å². The Morgan fingerprint density at radius 3 is 2.89 bits per heavy atom. The smallest absolute Gasteiger partial charge is 0.349 e. The molecule has 1 aliphatic rings. The van der Waals surface area contributed by atoms with Crippen molar-refractivity contribution in [1.29, 1.82) is 0 Å². The minimum absolute atomic E-state index is 0.0273. The number of hydrogen-bond acceptors (Lipinski definition) is 4. The first-order chi connectivity index (χ1) is 13.5. The van der Waals surface area contributed by atoms with E-state index in [1.807, 2.05) is 37.4 Å². The first kappa shape index (κ1) is 18.5. The molecule has 0 radical (unpaired) electrons. The summed E-state index contributed by atoms with van der Waals surface area (Å²) < 4.78 is 11.0. The molecule has 6 nitrogen and oxygen atoms in total. The van der Waals surface area contributed by atoms with Gasteiger partial charge in [0.2, 0.25) is 0 Å². The molecule has 1 aliphatic heterocycles. The third-order valence-corrected chi connectivity index (χ3v) is 5.26. The second-order valence-electron chi connectivity index (χ2n) is 7.35. The fourth-order valence-electron chi connectivity index (χ4n) is 3.81. The summed E-state index contributed by atoms with van der Waals surface area (Å²) in [5.74, 6) is 0.323. The van der Waals surface area contributed by atoms with Gasteiger partial charge in [-0.3, -0.25) is 4.79 Å². The van der Waals surface area contributed by atoms with Crippen LogP contribution >= 0.6 is 0 Å². The number of aromatic amines is 1. The van der Waals surface area contributed by atoms with E-state index in [9.17, 15) is 9.59 Å². The standard InChI is InChI=1S/C22H24N2O4/c1-14-11-17(8-7-16-12-23-19-6-4-3-5-18(16)19)28-22(26)20(14)21(25)24-9-10-27-15(2)13-24/h3-6,11-12,15,23H,7-10,13H2,1-2H3. The Kier molecular flexibility index (Phi) is 5.05. The third-order valence-electron chi connectivity index (χ3n) is 5.26. The van der Waals surface area contributed by atoms with Crippen LogP contribution < -0.4 is 5.63 Å². The third kappa shape index (κ3) is 3.60. The lowest BCUT2D eigenvalue weighted by atomic mass is 10.0. The summed E-state index contributed by atoms with van der Waals surface area (Å²) in [7, 11) is 0. The van der Waals surface area contributed by atoms with Crippen molar-refractivity contribution in [3.63, 3.8) is 0 Å². The van der Waals surface area contributed by atoms with Gasteiger partial charge in [0.25, 0.3) is 5.91 Å². The number of carbonyl (C=O) groups is 1. The van der Waals surface area contributed by atoms with Crippen molar-refractivity contribution in [1.82, 2.24) is 9.88 Å². The van der Waals surface area contributed by atoms with Crippen LogP contribution in [0, 0.1) is 6.92 Å². The van der Waals surface area contributed by atoms with E-state index < -0.39 is 5.63 Å². The van der Waals surface area contributed by atoms with Gasteiger partial charge in [-0.15, -0.1) is 0 Å². The fraction of sp³-hybridized carbons (Fsp3) is 0.364. The summed E-state index contributed by atoms with van der Waals surface area (Å²) in [6.07, 6.45) is 3.31. The van der Waals surface area contributed by atoms with E-state index in [2.05, 4.69) is 11.1 Å². The number of morpholine rings is 1. The quantitative estimate of drug-likeness (QED) is 0.755. The van der Waals surface area contributed by atoms with Gasteiger partial charge in [0.05, 0.1) is 12.7 Å². The molecule has 146 valence electrons. The van der Waals surface area contributed by atoms with Gasteiger partial charge in [-0.25, -0.2) is 4.79 Å². The van der Waals surface area contributed by atoms with Gasteiger partial charge in [0.1, 0.15) is 11.3 Å². The van der Waals surface area contributed by atoms with Crippen LogP contribution in [0.5, 0.6) is 0 Å². The van der Waals surface area contributed by atoms with Gasteiger partial charge in [-0.2, -0.15) is 0 Å². The van der Waals surface area contributed by atoms with Gasteiger partial charge < -0.3 is 19.0 Å². The van der Waals surface area contributed by atoms with E-state index in [4.69, 9.17) is 9.15 Å². The summed E-state index contributed by atoms with van der Waals surface area (Å²) in [6.45, 7) is 5.18. The molecule has 1 unspecified atom stereocenters. The van der Waals surface area contributed by atoms with Crippen LogP contribution in [0.15, 0.2) is 45.7 Å². The molecule has 0 bridgehead atoms. The number of H-pyrrole nitrogens is 1. The highest BCUT2D eigenvalue weighted by Crippen LogP contribution is 2.20. The molecule has 4 rings (SSSR count). The van der Waals surface area contributed by atoms with Crippen LogP contribution in [0.3, 0.4) is 0 Å². The second-order valence-corrected chi connectivity index (χ2v) is 7.35. The van der Waals surface area contributed by atoms with E-state index in [1.165, 1.54) is 10.9 Å². The number of aromatic nitrogens is 1. The largest absolute Gasteiger partial charge is 0.427 e. The topological polar surface area (TPSA) is 75.5 Å². The van der Waals surface area contributed by atoms with E-state index in [1.54, 1.807) is 11.8 Å². The average Bonchev–Trinajstić information content (AvgIpc) is 3.09. The number of nitrogens with one attached hydrogen (secondary N) is 1. The highest BCUT2D eigenvalue weighted by molar-refractivity contribution is 5.95. The Hall–Kier alpha value is -2.86. The average molecular weight is 380 g/mol. The molecule has 1 N–H and O–H groups in total. The van der Waals surface area contributed by atoms with Crippen molar-refractivity contribution >= 4 is 16.8 Å². The molecule has 1 saturated heterocycles. The summed E-state index contributed by atoms with van der Waals surface area (Å²) in [4.78, 5) is 30.3. The van der Waals surface area contributed by atoms with Crippen LogP contribution in [0.25, 0.3) is 10.9 Å². The van der Waals surface area contributed by atoms with Crippen molar-refractivity contribution in [3.05, 3.63) is 69.4 Å². The molecule has 3 aromatic rings. The molecule has 2 aromatic heterocycles. The number of amides is 1. The van der Waals surface area contributed by atoms with Gasteiger partial charge >= 0.3 is 5.63 Å². The maximum absolute atomic E-state index is 12.8. The monoisotopic (exact) mass is 380 g/mol. The van der Waals surface area contributed by atoms with Crippen molar-refractivity contribution < 1.29 is 13.9 Å². The molecule has 1 aromatic carbocycles. The SMILES string of the molecule is Cc1cc(CCc2c[nH]c3ccccc23)oc(=O)c1C(=O)N1CCOC(C)C1. The van der Waals surface area contributed by atoms with Crippen molar-refractivity contribution in [2.75, 3.05) is 19.7 Å². The molecular formula is C22H24N2O4. The second kappa shape index (κ2) is 7.64. The van der Waals surface area contributed by atoms with Crippen molar-refractivity contribution in [2.24, 2.45) is 0 Å². The molecule has 1 atom stereocenters. The number of ether oxygens (including phenoxy) is 1. The molecule has 3 heterocycles. The minimum atomic E-state index is -0.557. The molecule has 0 saturated carbocycles. The number of carbonyl (C=O) groups excluding carboxylic acids is 1. The van der Waals surface area contributed by atoms with Gasteiger partial charge in [-0.05, 0) is 43.5 Å². The Morgan fingerprint density at radius 2 is 2.11 bits per heavy atom. The summed E-state index contributed by atoms with van der Waals surface area (Å²) in [5, 5.41) is 1.18. The van der Waals surface area contributed by atoms with Crippen LogP contribution in [0.2, 0.25) is 0 Å². The zero-order valence-corrected chi connectivity index (χ0v) is 16.2. The van der Waals surface area contributed by atoms with Gasteiger partial charge in [0, 0.05) is 36.6 Å². The summed E-state index contributed by atoms with van der Waals surface area (Å²) in [5.41, 5.74) is 2.51. The molecule has 0 aliphatic carbocycles. The molecular weight excluding hydrogens is 356 g/mol. The minimum Gasteiger partial charge on any atom is -0.427 e. The molecule has 0 spiro atoms. The van der Waals surface area contributed by atoms with Crippen LogP contribution in [-0.4, -0.2) is 41.6 Å². The predicted octanol–water partition coefficient (Wildman–Crippen LogP) is 3.08. The number of rotatable bonds is 4. The summed E-state index contributed by atoms with van der Waals surface area (Å²) >= 11 is 0. The van der Waals surface area contributed by atoms with Crippen molar-refractivity contribution in [3.8, 4) is 0 Å². The Morgan fingerprint density at radius 1 is 1.29 bits per heavy atom. The lowest BCUT2D eigenvalue weighted by molar-refractivity contribution is -0.0126. The lowest BCUT2D eigenvalue weighted by Gasteiger charge is -2.31. The van der Waals surface area contributed by atoms with Gasteiger partial charge in [0.15, 0.2) is 0 Å². The van der Waals surface area contributed by atoms with Crippen LogP contribution in [-0.2, 0) is 17.6 Å². The zero-order chi connectivity index (χ0) is 19.7. The molecule has 1 amide bonds. The summed E-state index contributed by atoms with van der Waals surface area (Å²) in [6, 6.07) is 9.93. The first-order valence-electron chi connectivity index (χ1n) is 9.62. The zero-order valence-electron chi connectivity index (χ0n) is 16.2. The number of para-hydroxylation sites is 1. The maximum atomic E-state index is 12.8. The number of hydrogen-bond donors (Lipinski definition) is 1. The highest BCUT2D eigenvalue weighted by Gasteiger charge is 2.26. The van der Waals surface area contributed by atoms with Gasteiger partial charge in [-0.1, -0.05) is 18.2 Å². The normalized spacial score (nSPS) is 17.2. The van der Waals surface area contributed by atoms with Crippen molar-refractivity contribution in [2.45, 2.75) is 32.8 Å². The number of nitrogens with zero attached hydrogens (tertiary/aromatic N) is 1. The first-order valence-corrected chi connectivity index (χ1v) is 9.62. The maximum Gasteiger partial charge on any atom is 0.349 e. The molecule has 1 fully saturated rings. The Bertz CT molecular complexity index is 1070. The van der Waals surface area contributed by atoms with E-state index >= 15 is 0 Å². The van der Waals surface area contributed by atoms with E-state index in [0.29, 0.717) is 37.4 Å². The highest BCUT2D eigenvalue weighted by atomic mass is 16.5. The number of benzene rings is 1. The predicted molar refractivity (Wildman–Crippen MR) is 107 cm³/mol. The number of fused-ring (bicyclic) bond motifs is 1. The van der Waals surface area contributed by atoms with Crippen LogP contribution in [0.1, 0.15) is 34.2 Å². The fourth-order valence-corrected chi connectivity index (χ4v) is 3.81. The molecule has 28 heavy (non-hydrogen) atoms. The van der Waals surface area contributed by atoms with E-state index in [-0.39, 0.29) is 17.6 Å². The molecule has 6 heteroatoms. The Labute approximate surface area is 163 Å². The number of aryl methyl sites for hydroxylation is 3. The Balaban J connectivity index is 1.52. The van der Waals surface area contributed by atoms with Crippen LogP contribution in [0.4, 0.5) is 0 Å². The lowest BCUT2D eigenvalue weighted by Crippen LogP contribution is -2.46.